The highest BCUT2D eigenvalue weighted by Gasteiger charge is 2.24. The summed E-state index contributed by atoms with van der Waals surface area (Å²) in [5, 5.41) is 9.38. The monoisotopic (exact) mass is 283 g/mol. The summed E-state index contributed by atoms with van der Waals surface area (Å²) in [5.74, 6) is -0.886. The van der Waals surface area contributed by atoms with E-state index < -0.39 is 5.97 Å². The van der Waals surface area contributed by atoms with Crippen LogP contribution in [-0.2, 0) is 4.79 Å². The molecule has 0 saturated carbocycles. The number of carbonyl (C=O) groups excluding carboxylic acids is 1. The molecule has 1 aliphatic rings. The third-order valence-corrected chi connectivity index (χ3v) is 3.26. The molecule has 0 unspecified atom stereocenters. The molecule has 7 heteroatoms. The number of anilines is 1. The van der Waals surface area contributed by atoms with Crippen LogP contribution in [0.4, 0.5) is 5.82 Å². The number of nitrogens with zero attached hydrogens (tertiary/aromatic N) is 3. The van der Waals surface area contributed by atoms with Crippen molar-refractivity contribution in [2.45, 2.75) is 6.42 Å². The Labute approximate surface area is 115 Å². The van der Waals surface area contributed by atoms with Gasteiger partial charge in [-0.15, -0.1) is 0 Å². The number of aromatic carboxylic acids is 1. The Morgan fingerprint density at radius 1 is 1.42 bits per heavy atom. The summed E-state index contributed by atoms with van der Waals surface area (Å²) in [5.41, 5.74) is 0.0572. The molecule has 2 rings (SSSR count). The van der Waals surface area contributed by atoms with Crippen LogP contribution in [0.25, 0.3) is 0 Å². The molecule has 0 atom stereocenters. The molecule has 0 spiro atoms. The highest BCUT2D eigenvalue weighted by molar-refractivity contribution is 6.29. The van der Waals surface area contributed by atoms with Gasteiger partial charge in [0.25, 0.3) is 0 Å². The van der Waals surface area contributed by atoms with E-state index in [2.05, 4.69) is 4.98 Å². The number of rotatable bonds is 2. The molecule has 1 aromatic rings. The van der Waals surface area contributed by atoms with Crippen LogP contribution in [0.15, 0.2) is 12.1 Å². The van der Waals surface area contributed by atoms with Crippen LogP contribution in [0.2, 0.25) is 5.15 Å². The minimum Gasteiger partial charge on any atom is -0.478 e. The number of aromatic nitrogens is 1. The number of carboxylic acid groups (broad SMARTS) is 1. The summed E-state index contributed by atoms with van der Waals surface area (Å²) < 4.78 is 0. The number of hydrogen-bond acceptors (Lipinski definition) is 4. The number of halogens is 1. The lowest BCUT2D eigenvalue weighted by molar-refractivity contribution is -0.127. The summed E-state index contributed by atoms with van der Waals surface area (Å²) >= 11 is 5.82. The summed E-state index contributed by atoms with van der Waals surface area (Å²) in [6.07, 6.45) is 0.759. The molecule has 1 amide bonds. The second-order valence-electron chi connectivity index (χ2n) is 4.40. The largest absolute Gasteiger partial charge is 0.478 e. The first kappa shape index (κ1) is 13.6. The Bertz CT molecular complexity index is 521. The number of likely N-dealkylation sites (N-methyl/N-ethyl adjacent to an activating group) is 1. The highest BCUT2D eigenvalue weighted by Crippen LogP contribution is 2.22. The maximum Gasteiger partial charge on any atom is 0.339 e. The van der Waals surface area contributed by atoms with Gasteiger partial charge in [0.2, 0.25) is 5.91 Å². The fourth-order valence-electron chi connectivity index (χ4n) is 2.00. The molecule has 1 aromatic heterocycles. The molecular weight excluding hydrogens is 270 g/mol. The molecule has 1 aliphatic heterocycles. The zero-order valence-electron chi connectivity index (χ0n) is 10.5. The SMILES string of the molecule is CN1CCCN(c2nc(Cl)ccc2C(=O)O)CC1=O. The Kier molecular flexibility index (Phi) is 3.90. The lowest BCUT2D eigenvalue weighted by Gasteiger charge is -2.22. The van der Waals surface area contributed by atoms with Crippen LogP contribution in [-0.4, -0.2) is 53.5 Å². The summed E-state index contributed by atoms with van der Waals surface area (Å²) in [6.45, 7) is 1.34. The fraction of sp³-hybridized carbons (Fsp3) is 0.417. The average molecular weight is 284 g/mol. The van der Waals surface area contributed by atoms with Crippen molar-refractivity contribution in [2.75, 3.05) is 31.6 Å². The van der Waals surface area contributed by atoms with Crippen molar-refractivity contribution in [3.63, 3.8) is 0 Å². The van der Waals surface area contributed by atoms with Gasteiger partial charge in [0.05, 0.1) is 6.54 Å². The van der Waals surface area contributed by atoms with Gasteiger partial charge < -0.3 is 14.9 Å². The van der Waals surface area contributed by atoms with E-state index in [9.17, 15) is 14.7 Å². The molecule has 19 heavy (non-hydrogen) atoms. The van der Waals surface area contributed by atoms with Crippen LogP contribution in [0.5, 0.6) is 0 Å². The molecular formula is C12H14ClN3O3. The lowest BCUT2D eigenvalue weighted by Crippen LogP contribution is -2.35. The molecule has 6 nitrogen and oxygen atoms in total. The van der Waals surface area contributed by atoms with Gasteiger partial charge >= 0.3 is 5.97 Å². The van der Waals surface area contributed by atoms with Gasteiger partial charge in [-0.05, 0) is 18.6 Å². The normalized spacial score (nSPS) is 16.4. The van der Waals surface area contributed by atoms with Crippen LogP contribution in [0.1, 0.15) is 16.8 Å². The summed E-state index contributed by atoms with van der Waals surface area (Å²) in [7, 11) is 1.73. The van der Waals surface area contributed by atoms with E-state index in [0.29, 0.717) is 13.1 Å². The van der Waals surface area contributed by atoms with Crippen molar-refractivity contribution in [3.05, 3.63) is 22.8 Å². The van der Waals surface area contributed by atoms with Crippen LogP contribution >= 0.6 is 11.6 Å². The fourth-order valence-corrected chi connectivity index (χ4v) is 2.14. The second kappa shape index (κ2) is 5.44. The van der Waals surface area contributed by atoms with E-state index >= 15 is 0 Å². The zero-order chi connectivity index (χ0) is 14.0. The molecule has 2 heterocycles. The Morgan fingerprint density at radius 3 is 2.84 bits per heavy atom. The van der Waals surface area contributed by atoms with E-state index in [4.69, 9.17) is 11.6 Å². The van der Waals surface area contributed by atoms with Crippen molar-refractivity contribution in [1.29, 1.82) is 0 Å². The van der Waals surface area contributed by atoms with Crippen LogP contribution in [0.3, 0.4) is 0 Å². The molecule has 1 fully saturated rings. The molecule has 1 saturated heterocycles. The van der Waals surface area contributed by atoms with Crippen molar-refractivity contribution in [2.24, 2.45) is 0 Å². The standard InChI is InChI=1S/C12H14ClN3O3/c1-15-5-2-6-16(7-10(15)17)11-8(12(18)19)3-4-9(13)14-11/h3-4H,2,5-7H2,1H3,(H,18,19). The van der Waals surface area contributed by atoms with Crippen molar-refractivity contribution < 1.29 is 14.7 Å². The van der Waals surface area contributed by atoms with Crippen molar-refractivity contribution >= 4 is 29.3 Å². The number of pyridine rings is 1. The number of carboxylic acids is 1. The smallest absolute Gasteiger partial charge is 0.339 e. The number of amides is 1. The second-order valence-corrected chi connectivity index (χ2v) is 4.79. The van der Waals surface area contributed by atoms with Gasteiger partial charge in [0.1, 0.15) is 16.5 Å². The van der Waals surface area contributed by atoms with Crippen LogP contribution < -0.4 is 4.90 Å². The van der Waals surface area contributed by atoms with E-state index in [1.165, 1.54) is 12.1 Å². The molecule has 0 aromatic carbocycles. The number of hydrogen-bond donors (Lipinski definition) is 1. The summed E-state index contributed by atoms with van der Waals surface area (Å²) in [6, 6.07) is 2.84. The quantitative estimate of drug-likeness (QED) is 0.823. The van der Waals surface area contributed by atoms with Gasteiger partial charge in [0.15, 0.2) is 0 Å². The van der Waals surface area contributed by atoms with Crippen molar-refractivity contribution in [3.8, 4) is 0 Å². The first-order valence-corrected chi connectivity index (χ1v) is 6.25. The van der Waals surface area contributed by atoms with E-state index in [1.54, 1.807) is 16.8 Å². The number of carbonyl (C=O) groups is 2. The Balaban J connectivity index is 2.37. The highest BCUT2D eigenvalue weighted by atomic mass is 35.5. The zero-order valence-corrected chi connectivity index (χ0v) is 11.2. The predicted molar refractivity (Wildman–Crippen MR) is 70.7 cm³/mol. The molecule has 102 valence electrons. The van der Waals surface area contributed by atoms with Gasteiger partial charge in [-0.2, -0.15) is 0 Å². The molecule has 1 N–H and O–H groups in total. The first-order chi connectivity index (χ1) is 8.99. The van der Waals surface area contributed by atoms with Gasteiger partial charge in [0, 0.05) is 20.1 Å². The van der Waals surface area contributed by atoms with Crippen molar-refractivity contribution in [1.82, 2.24) is 9.88 Å². The van der Waals surface area contributed by atoms with E-state index in [1.807, 2.05) is 0 Å². The first-order valence-electron chi connectivity index (χ1n) is 5.88. The summed E-state index contributed by atoms with van der Waals surface area (Å²) in [4.78, 5) is 30.4. The van der Waals surface area contributed by atoms with Gasteiger partial charge in [-0.3, -0.25) is 4.79 Å². The molecule has 0 bridgehead atoms. The maximum absolute atomic E-state index is 11.8. The minimum absolute atomic E-state index is 0.0572. The average Bonchev–Trinajstić information content (AvgIpc) is 2.51. The molecule has 0 radical (unpaired) electrons. The third-order valence-electron chi connectivity index (χ3n) is 3.04. The predicted octanol–water partition coefficient (Wildman–Crippen LogP) is 1.10. The van der Waals surface area contributed by atoms with Gasteiger partial charge in [-0.1, -0.05) is 11.6 Å². The Morgan fingerprint density at radius 2 is 2.16 bits per heavy atom. The van der Waals surface area contributed by atoms with E-state index in [-0.39, 0.29) is 29.0 Å². The molecule has 0 aliphatic carbocycles. The van der Waals surface area contributed by atoms with E-state index in [0.717, 1.165) is 6.42 Å². The Hall–Kier alpha value is -1.82. The topological polar surface area (TPSA) is 73.7 Å². The maximum atomic E-state index is 11.8. The lowest BCUT2D eigenvalue weighted by atomic mass is 10.2. The van der Waals surface area contributed by atoms with Crippen LogP contribution in [0, 0.1) is 0 Å². The minimum atomic E-state index is -1.08. The van der Waals surface area contributed by atoms with Gasteiger partial charge in [-0.25, -0.2) is 9.78 Å². The third kappa shape index (κ3) is 2.96.